The highest BCUT2D eigenvalue weighted by molar-refractivity contribution is 7.15. The SMILES string of the molecule is CCOC(=O)COc1ccc(/C(C)=N/OCc2sc(-c3ccc(C(F)(F)F)cc3)nc2C)cc1C. The van der Waals surface area contributed by atoms with E-state index in [0.29, 0.717) is 28.6 Å². The summed E-state index contributed by atoms with van der Waals surface area (Å²) in [5.74, 6) is 0.147. The Balaban J connectivity index is 1.61. The van der Waals surface area contributed by atoms with Crippen LogP contribution in [0.15, 0.2) is 47.6 Å². The number of thiazole rings is 1. The van der Waals surface area contributed by atoms with Crippen molar-refractivity contribution in [2.45, 2.75) is 40.5 Å². The first-order chi connectivity index (χ1) is 16.6. The smallest absolute Gasteiger partial charge is 0.416 e. The fourth-order valence-corrected chi connectivity index (χ4v) is 4.08. The van der Waals surface area contributed by atoms with Crippen LogP contribution in [-0.2, 0) is 27.2 Å². The van der Waals surface area contributed by atoms with Gasteiger partial charge in [0, 0.05) is 5.56 Å². The summed E-state index contributed by atoms with van der Waals surface area (Å²) in [6, 6.07) is 10.4. The lowest BCUT2D eigenvalue weighted by atomic mass is 10.1. The van der Waals surface area contributed by atoms with E-state index < -0.39 is 17.7 Å². The molecular weight excluding hydrogens is 481 g/mol. The van der Waals surface area contributed by atoms with Gasteiger partial charge in [-0.15, -0.1) is 11.3 Å². The molecule has 10 heteroatoms. The summed E-state index contributed by atoms with van der Waals surface area (Å²) in [6.45, 7) is 7.54. The van der Waals surface area contributed by atoms with Gasteiger partial charge in [0.1, 0.15) is 10.8 Å². The second-order valence-electron chi connectivity index (χ2n) is 7.63. The lowest BCUT2D eigenvalue weighted by Gasteiger charge is -2.10. The van der Waals surface area contributed by atoms with Crippen LogP contribution in [-0.4, -0.2) is 29.9 Å². The average molecular weight is 507 g/mol. The molecule has 3 rings (SSSR count). The van der Waals surface area contributed by atoms with Gasteiger partial charge < -0.3 is 14.3 Å². The van der Waals surface area contributed by atoms with Crippen LogP contribution in [0, 0.1) is 13.8 Å². The molecule has 0 N–H and O–H groups in total. The van der Waals surface area contributed by atoms with E-state index in [0.717, 1.165) is 33.8 Å². The molecule has 1 aromatic heterocycles. The molecule has 0 amide bonds. The predicted molar refractivity (Wildman–Crippen MR) is 128 cm³/mol. The standard InChI is InChI=1S/C25H25F3N2O4S/c1-5-32-23(31)14-33-21-11-8-19(12-15(21)2)16(3)30-34-13-22-17(4)29-24(35-22)18-6-9-20(10-7-18)25(26,27)28/h6-12H,5,13-14H2,1-4H3/b30-16+. The van der Waals surface area contributed by atoms with Crippen molar-refractivity contribution in [3.8, 4) is 16.3 Å². The van der Waals surface area contributed by atoms with Gasteiger partial charge in [0.25, 0.3) is 0 Å². The van der Waals surface area contributed by atoms with Crippen LogP contribution in [0.4, 0.5) is 13.2 Å². The van der Waals surface area contributed by atoms with Gasteiger partial charge in [0.15, 0.2) is 13.2 Å². The largest absolute Gasteiger partial charge is 0.482 e. The Bertz CT molecular complexity index is 1200. The summed E-state index contributed by atoms with van der Waals surface area (Å²) in [5, 5.41) is 4.79. The van der Waals surface area contributed by atoms with Gasteiger partial charge in [-0.2, -0.15) is 13.2 Å². The summed E-state index contributed by atoms with van der Waals surface area (Å²) in [5.41, 5.74) is 2.96. The number of carbonyl (C=O) groups excluding carboxylic acids is 1. The maximum atomic E-state index is 12.8. The zero-order chi connectivity index (χ0) is 25.6. The Morgan fingerprint density at radius 1 is 1.11 bits per heavy atom. The highest BCUT2D eigenvalue weighted by atomic mass is 32.1. The van der Waals surface area contributed by atoms with Crippen LogP contribution in [0.2, 0.25) is 0 Å². The molecule has 186 valence electrons. The molecule has 0 fully saturated rings. The van der Waals surface area contributed by atoms with E-state index in [9.17, 15) is 18.0 Å². The number of ether oxygens (including phenoxy) is 2. The van der Waals surface area contributed by atoms with Crippen molar-refractivity contribution < 1.29 is 32.3 Å². The third kappa shape index (κ3) is 7.05. The Labute approximate surface area is 205 Å². The van der Waals surface area contributed by atoms with Crippen LogP contribution in [0.1, 0.15) is 41.1 Å². The fraction of sp³-hybridized carbons (Fsp3) is 0.320. The first-order valence-electron chi connectivity index (χ1n) is 10.8. The molecule has 0 aliphatic rings. The number of alkyl halides is 3. The lowest BCUT2D eigenvalue weighted by Crippen LogP contribution is -2.15. The highest BCUT2D eigenvalue weighted by Gasteiger charge is 2.30. The molecule has 0 bridgehead atoms. The van der Waals surface area contributed by atoms with Crippen molar-refractivity contribution in [2.75, 3.05) is 13.2 Å². The first-order valence-corrected chi connectivity index (χ1v) is 11.6. The van der Waals surface area contributed by atoms with Gasteiger partial charge in [-0.3, -0.25) is 0 Å². The van der Waals surface area contributed by atoms with Gasteiger partial charge in [0.05, 0.1) is 28.5 Å². The van der Waals surface area contributed by atoms with Crippen molar-refractivity contribution in [1.82, 2.24) is 4.98 Å². The topological polar surface area (TPSA) is 70.0 Å². The Hall–Kier alpha value is -3.40. The zero-order valence-electron chi connectivity index (χ0n) is 19.7. The molecule has 0 saturated carbocycles. The number of rotatable bonds is 9. The van der Waals surface area contributed by atoms with Crippen molar-refractivity contribution in [3.05, 3.63) is 69.7 Å². The second kappa shape index (κ2) is 11.4. The predicted octanol–water partition coefficient (Wildman–Crippen LogP) is 6.33. The van der Waals surface area contributed by atoms with E-state index in [4.69, 9.17) is 14.3 Å². The maximum Gasteiger partial charge on any atom is 0.416 e. The van der Waals surface area contributed by atoms with E-state index >= 15 is 0 Å². The van der Waals surface area contributed by atoms with Gasteiger partial charge in [-0.25, -0.2) is 9.78 Å². The number of benzene rings is 2. The summed E-state index contributed by atoms with van der Waals surface area (Å²) in [6.07, 6.45) is -4.37. The number of aryl methyl sites for hydroxylation is 2. The minimum absolute atomic E-state index is 0.160. The number of hydrogen-bond acceptors (Lipinski definition) is 7. The molecule has 0 unspecified atom stereocenters. The van der Waals surface area contributed by atoms with Crippen molar-refractivity contribution in [3.63, 3.8) is 0 Å². The van der Waals surface area contributed by atoms with E-state index in [1.807, 2.05) is 26.0 Å². The van der Waals surface area contributed by atoms with Crippen molar-refractivity contribution in [2.24, 2.45) is 5.16 Å². The van der Waals surface area contributed by atoms with Crippen LogP contribution in [0.5, 0.6) is 5.75 Å². The molecule has 0 spiro atoms. The normalized spacial score (nSPS) is 11.9. The summed E-state index contributed by atoms with van der Waals surface area (Å²) >= 11 is 1.35. The molecule has 0 atom stereocenters. The number of nitrogens with zero attached hydrogens (tertiary/aromatic N) is 2. The van der Waals surface area contributed by atoms with Crippen molar-refractivity contribution >= 4 is 23.0 Å². The second-order valence-corrected chi connectivity index (χ2v) is 8.71. The summed E-state index contributed by atoms with van der Waals surface area (Å²) < 4.78 is 48.7. The summed E-state index contributed by atoms with van der Waals surface area (Å²) in [7, 11) is 0. The number of oxime groups is 1. The number of carbonyl (C=O) groups is 1. The van der Waals surface area contributed by atoms with Crippen LogP contribution < -0.4 is 4.74 Å². The van der Waals surface area contributed by atoms with E-state index in [-0.39, 0.29) is 13.2 Å². The first kappa shape index (κ1) is 26.2. The molecule has 2 aromatic carbocycles. The number of hydrogen-bond donors (Lipinski definition) is 0. The third-order valence-electron chi connectivity index (χ3n) is 4.99. The molecule has 0 aliphatic carbocycles. The molecular formula is C25H25F3N2O4S. The van der Waals surface area contributed by atoms with E-state index in [1.165, 1.54) is 23.5 Å². The zero-order valence-corrected chi connectivity index (χ0v) is 20.5. The van der Waals surface area contributed by atoms with Gasteiger partial charge in [-0.05, 0) is 69.2 Å². The van der Waals surface area contributed by atoms with Crippen LogP contribution in [0.3, 0.4) is 0 Å². The fourth-order valence-electron chi connectivity index (χ4n) is 3.10. The molecule has 35 heavy (non-hydrogen) atoms. The van der Waals surface area contributed by atoms with Crippen LogP contribution in [0.25, 0.3) is 10.6 Å². The monoisotopic (exact) mass is 506 g/mol. The van der Waals surface area contributed by atoms with Gasteiger partial charge >= 0.3 is 12.1 Å². The molecule has 0 radical (unpaired) electrons. The Morgan fingerprint density at radius 3 is 2.46 bits per heavy atom. The maximum absolute atomic E-state index is 12.8. The number of aromatic nitrogens is 1. The Morgan fingerprint density at radius 2 is 1.83 bits per heavy atom. The summed E-state index contributed by atoms with van der Waals surface area (Å²) in [4.78, 5) is 22.3. The molecule has 1 heterocycles. The third-order valence-corrected chi connectivity index (χ3v) is 6.17. The molecule has 0 saturated heterocycles. The van der Waals surface area contributed by atoms with Gasteiger partial charge in [-0.1, -0.05) is 17.3 Å². The molecule has 0 aliphatic heterocycles. The lowest BCUT2D eigenvalue weighted by molar-refractivity contribution is -0.145. The van der Waals surface area contributed by atoms with Gasteiger partial charge in [0.2, 0.25) is 0 Å². The van der Waals surface area contributed by atoms with E-state index in [2.05, 4.69) is 10.1 Å². The number of esters is 1. The number of halogens is 3. The quantitative estimate of drug-likeness (QED) is 0.193. The Kier molecular flexibility index (Phi) is 8.50. The molecule has 3 aromatic rings. The van der Waals surface area contributed by atoms with Crippen molar-refractivity contribution in [1.29, 1.82) is 0 Å². The minimum Gasteiger partial charge on any atom is -0.482 e. The van der Waals surface area contributed by atoms with E-state index in [1.54, 1.807) is 19.9 Å². The van der Waals surface area contributed by atoms with Crippen LogP contribution >= 0.6 is 11.3 Å². The highest BCUT2D eigenvalue weighted by Crippen LogP contribution is 2.33. The average Bonchev–Trinajstić information content (AvgIpc) is 3.18. The minimum atomic E-state index is -4.37. The molecule has 6 nitrogen and oxygen atoms in total.